The van der Waals surface area contributed by atoms with E-state index < -0.39 is 37.0 Å². The fourth-order valence-electron chi connectivity index (χ4n) is 12.4. The number of anilines is 2. The van der Waals surface area contributed by atoms with Crippen molar-refractivity contribution in [3.8, 4) is 23.1 Å². The third kappa shape index (κ3) is 9.58. The topological polar surface area (TPSA) is 211 Å². The zero-order valence-electron chi connectivity index (χ0n) is 41.2. The molecule has 2 saturated carbocycles. The first-order valence-electron chi connectivity index (χ1n) is 25.8. The minimum atomic E-state index is -4.72. The summed E-state index contributed by atoms with van der Waals surface area (Å²) in [4.78, 5) is 38.7. The standard InChI is InChI=1S/C54H65N7O10S/c1-33(2)40-7-4-5-8-41(40)44-9-6-21-60(44)37-29-54(30-37)18-22-59(23-19-54)36-10-11-42(46(26-36)71-48-25-35-14-20-55-50(35)57-52(48)70-38-15-24-68-31-38)51(62)58-72(66,67)39-27-45(61(64)65)49-47(28-39)69-32-43(56-49)34-12-16-53(3,63)17-13-34/h4-5,7-8,10-11,14,20,25-28,33-34,37-38,43-44,56,63H,6,9,12-13,15-19,21-24,29-32H2,1-3H3,(H,55,57)(H,58,62)/t34-,38-,43-,44+,53-/m1/s1. The molecule has 1 amide bonds. The van der Waals surface area contributed by atoms with Crippen molar-refractivity contribution >= 4 is 44.0 Å². The van der Waals surface area contributed by atoms with Crippen LogP contribution in [0.25, 0.3) is 11.0 Å². The average Bonchev–Trinajstić information content (AvgIpc) is 4.16. The van der Waals surface area contributed by atoms with E-state index in [2.05, 4.69) is 62.9 Å². The summed E-state index contributed by atoms with van der Waals surface area (Å²) in [5.74, 6) is 0.0550. The fourth-order valence-corrected chi connectivity index (χ4v) is 13.4. The van der Waals surface area contributed by atoms with E-state index in [1.807, 2.05) is 19.1 Å². The number of aromatic nitrogens is 2. The number of hydrogen-bond donors (Lipinski definition) is 4. The highest BCUT2D eigenvalue weighted by atomic mass is 32.2. The molecule has 3 atom stereocenters. The second kappa shape index (κ2) is 19.1. The fraction of sp³-hybridized carbons (Fsp3) is 0.519. The Kier molecular flexibility index (Phi) is 12.9. The van der Waals surface area contributed by atoms with Gasteiger partial charge in [0.25, 0.3) is 27.5 Å². The summed E-state index contributed by atoms with van der Waals surface area (Å²) in [6.45, 7) is 10.2. The molecule has 5 aromatic rings. The van der Waals surface area contributed by atoms with Gasteiger partial charge in [-0.25, -0.2) is 13.1 Å². The van der Waals surface area contributed by atoms with Crippen molar-refractivity contribution in [3.05, 3.63) is 99.7 Å². The number of nitro groups is 1. The number of hydrogen-bond acceptors (Lipinski definition) is 14. The van der Waals surface area contributed by atoms with Gasteiger partial charge in [0.15, 0.2) is 17.2 Å². The zero-order chi connectivity index (χ0) is 49.9. The lowest BCUT2D eigenvalue weighted by Crippen LogP contribution is -2.54. The normalized spacial score (nSPS) is 25.4. The van der Waals surface area contributed by atoms with Crippen LogP contribution < -0.4 is 29.1 Å². The first-order valence-corrected chi connectivity index (χ1v) is 27.2. The van der Waals surface area contributed by atoms with E-state index in [-0.39, 0.29) is 64.5 Å². The van der Waals surface area contributed by atoms with Gasteiger partial charge in [0.2, 0.25) is 0 Å². The molecule has 6 aliphatic rings. The van der Waals surface area contributed by atoms with E-state index in [9.17, 15) is 28.4 Å². The predicted molar refractivity (Wildman–Crippen MR) is 272 cm³/mol. The van der Waals surface area contributed by atoms with E-state index >= 15 is 0 Å². The monoisotopic (exact) mass is 1000 g/mol. The molecule has 2 aliphatic carbocycles. The highest BCUT2D eigenvalue weighted by Crippen LogP contribution is 2.55. The Morgan fingerprint density at radius 3 is 2.51 bits per heavy atom. The number of piperidine rings is 1. The Morgan fingerprint density at radius 1 is 0.972 bits per heavy atom. The Balaban J connectivity index is 0.842. The van der Waals surface area contributed by atoms with Crippen LogP contribution in [-0.4, -0.2) is 102 Å². The van der Waals surface area contributed by atoms with Crippen LogP contribution in [-0.2, 0) is 14.8 Å². The molecule has 6 heterocycles. The Hall–Kier alpha value is -5.95. The van der Waals surface area contributed by atoms with Crippen molar-refractivity contribution in [2.24, 2.45) is 11.3 Å². The molecular weight excluding hydrogens is 939 g/mol. The third-order valence-corrected chi connectivity index (χ3v) is 17.9. The van der Waals surface area contributed by atoms with Gasteiger partial charge in [-0.1, -0.05) is 38.1 Å². The van der Waals surface area contributed by atoms with Crippen molar-refractivity contribution in [2.75, 3.05) is 49.7 Å². The highest BCUT2D eigenvalue weighted by Gasteiger charge is 2.50. The molecule has 4 aliphatic heterocycles. The molecule has 0 radical (unpaired) electrons. The maximum Gasteiger partial charge on any atom is 0.297 e. The van der Waals surface area contributed by atoms with Crippen LogP contribution in [0.3, 0.4) is 0 Å². The summed E-state index contributed by atoms with van der Waals surface area (Å²) in [6.07, 6.45) is 11.5. The number of nitrogens with zero attached hydrogens (tertiary/aromatic N) is 4. The number of nitro benzene ring substituents is 1. The van der Waals surface area contributed by atoms with Crippen molar-refractivity contribution in [3.63, 3.8) is 0 Å². The number of carbonyl (C=O) groups is 1. The number of likely N-dealkylation sites (tertiary alicyclic amines) is 1. The van der Waals surface area contributed by atoms with Crippen LogP contribution in [0.1, 0.15) is 125 Å². The Bertz CT molecular complexity index is 2960. The number of benzene rings is 3. The van der Waals surface area contributed by atoms with Gasteiger partial charge in [0, 0.05) is 67.1 Å². The third-order valence-electron chi connectivity index (χ3n) is 16.5. The molecule has 17 nitrogen and oxygen atoms in total. The van der Waals surface area contributed by atoms with Crippen LogP contribution in [0.2, 0.25) is 0 Å². The SMILES string of the molecule is CC(C)c1ccccc1[C@@H]1CCCN1C1CC2(CCN(c3ccc(C(=O)NS(=O)(=O)c4cc5c(c([N+](=O)[O-])c4)N[C@@H]([C@H]4CC[C@](C)(O)CC4)CO5)c(Oc4cc5cc[nH]c5nc4O[C@@H]4CCOC4)c3)CC2)C1. The van der Waals surface area contributed by atoms with Crippen molar-refractivity contribution in [1.29, 1.82) is 0 Å². The van der Waals surface area contributed by atoms with Gasteiger partial charge in [-0.2, -0.15) is 4.98 Å². The van der Waals surface area contributed by atoms with Gasteiger partial charge < -0.3 is 39.3 Å². The maximum atomic E-state index is 14.4. The molecule has 382 valence electrons. The van der Waals surface area contributed by atoms with Gasteiger partial charge in [-0.15, -0.1) is 0 Å². The number of ether oxygens (including phenoxy) is 4. The van der Waals surface area contributed by atoms with Crippen LogP contribution in [0.5, 0.6) is 23.1 Å². The number of rotatable bonds is 13. The van der Waals surface area contributed by atoms with Gasteiger partial charge in [0.1, 0.15) is 24.1 Å². The first-order chi connectivity index (χ1) is 34.6. The first kappa shape index (κ1) is 48.3. The number of aliphatic hydroxyl groups is 1. The van der Waals surface area contributed by atoms with Gasteiger partial charge >= 0.3 is 0 Å². The number of amides is 1. The lowest BCUT2D eigenvalue weighted by atomic mass is 9.59. The Labute approximate surface area is 420 Å². The minimum absolute atomic E-state index is 0.00863. The molecule has 11 rings (SSSR count). The lowest BCUT2D eigenvalue weighted by molar-refractivity contribution is -0.384. The molecule has 0 bridgehead atoms. The van der Waals surface area contributed by atoms with E-state index in [4.69, 9.17) is 23.9 Å². The van der Waals surface area contributed by atoms with Crippen LogP contribution in [0, 0.1) is 21.4 Å². The van der Waals surface area contributed by atoms with Gasteiger partial charge in [-0.05, 0) is 130 Å². The summed E-state index contributed by atoms with van der Waals surface area (Å²) in [5.41, 5.74) is 3.33. The summed E-state index contributed by atoms with van der Waals surface area (Å²) < 4.78 is 55.1. The second-order valence-electron chi connectivity index (χ2n) is 21.7. The molecule has 1 spiro atoms. The van der Waals surface area contributed by atoms with Gasteiger partial charge in [0.05, 0.1) is 40.2 Å². The summed E-state index contributed by atoms with van der Waals surface area (Å²) in [6, 6.07) is 20.6. The molecule has 4 N–H and O–H groups in total. The molecular formula is C54H65N7O10S. The van der Waals surface area contributed by atoms with Crippen LogP contribution in [0.15, 0.2) is 77.8 Å². The smallest absolute Gasteiger partial charge is 0.297 e. The lowest BCUT2D eigenvalue weighted by Gasteiger charge is -2.56. The van der Waals surface area contributed by atoms with Crippen molar-refractivity contribution in [1.82, 2.24) is 19.6 Å². The number of pyridine rings is 1. The quantitative estimate of drug-likeness (QED) is 0.0640. The van der Waals surface area contributed by atoms with E-state index in [0.29, 0.717) is 69.0 Å². The van der Waals surface area contributed by atoms with E-state index in [1.165, 1.54) is 42.9 Å². The molecule has 3 saturated heterocycles. The van der Waals surface area contributed by atoms with E-state index in [0.717, 1.165) is 49.6 Å². The molecule has 5 fully saturated rings. The molecule has 18 heteroatoms. The van der Waals surface area contributed by atoms with Crippen molar-refractivity contribution < 1.29 is 42.2 Å². The van der Waals surface area contributed by atoms with Crippen LogP contribution in [0.4, 0.5) is 17.1 Å². The minimum Gasteiger partial charge on any atom is -0.489 e. The largest absolute Gasteiger partial charge is 0.489 e. The van der Waals surface area contributed by atoms with Crippen LogP contribution >= 0.6 is 0 Å². The molecule has 72 heavy (non-hydrogen) atoms. The molecule has 2 aromatic heterocycles. The number of fused-ring (bicyclic) bond motifs is 2. The summed E-state index contributed by atoms with van der Waals surface area (Å²) in [5, 5.41) is 27.0. The van der Waals surface area contributed by atoms with Gasteiger partial charge in [-0.3, -0.25) is 19.8 Å². The predicted octanol–water partition coefficient (Wildman–Crippen LogP) is 9.37. The summed E-state index contributed by atoms with van der Waals surface area (Å²) in [7, 11) is -4.72. The number of nitrogens with one attached hydrogen (secondary N) is 3. The molecule has 3 aromatic carbocycles. The number of sulfonamides is 1. The second-order valence-corrected chi connectivity index (χ2v) is 23.4. The zero-order valence-corrected chi connectivity index (χ0v) is 42.0. The number of H-pyrrole nitrogens is 1. The van der Waals surface area contributed by atoms with E-state index in [1.54, 1.807) is 24.4 Å². The average molecular weight is 1000 g/mol. The summed E-state index contributed by atoms with van der Waals surface area (Å²) >= 11 is 0. The highest BCUT2D eigenvalue weighted by molar-refractivity contribution is 7.90. The number of aromatic amines is 1. The maximum absolute atomic E-state index is 14.4. The molecule has 0 unspecified atom stereocenters. The number of carbonyl (C=O) groups excluding carboxylic acids is 1. The Morgan fingerprint density at radius 2 is 1.76 bits per heavy atom. The van der Waals surface area contributed by atoms with Crippen molar-refractivity contribution in [2.45, 2.75) is 132 Å².